The highest BCUT2D eigenvalue weighted by atomic mass is 16.2. The SMILES string of the molecule is C=C(C(=O)NCC(=O)N1CCN(C)CC1)[C@@H](NC(=O)[C@H](C)NC(=O)[C@H](Cc1cccc2ccccc12)NC(=O)c1ccccc1)C(C)C. The van der Waals surface area contributed by atoms with Gasteiger partial charge in [-0.05, 0) is 48.4 Å². The Morgan fingerprint density at radius 2 is 1.42 bits per heavy atom. The third-order valence-corrected chi connectivity index (χ3v) is 8.60. The minimum Gasteiger partial charge on any atom is -0.347 e. The number of hydrogen-bond acceptors (Lipinski definition) is 6. The van der Waals surface area contributed by atoms with Gasteiger partial charge in [0, 0.05) is 43.7 Å². The quantitative estimate of drug-likeness (QED) is 0.209. The van der Waals surface area contributed by atoms with Crippen LogP contribution in [0.4, 0.5) is 0 Å². The highest BCUT2D eigenvalue weighted by Gasteiger charge is 2.30. The molecule has 0 radical (unpaired) electrons. The Bertz CT molecular complexity index is 1630. The third kappa shape index (κ3) is 9.51. The highest BCUT2D eigenvalue weighted by Crippen LogP contribution is 2.20. The van der Waals surface area contributed by atoms with Crippen molar-refractivity contribution in [3.05, 3.63) is 96.1 Å². The van der Waals surface area contributed by atoms with Crippen molar-refractivity contribution in [1.29, 1.82) is 0 Å². The van der Waals surface area contributed by atoms with Crippen LogP contribution in [-0.4, -0.2) is 97.2 Å². The molecule has 0 unspecified atom stereocenters. The summed E-state index contributed by atoms with van der Waals surface area (Å²) in [6.07, 6.45) is 0.193. The number of nitrogens with zero attached hydrogens (tertiary/aromatic N) is 2. The molecule has 4 rings (SSSR count). The van der Waals surface area contributed by atoms with Crippen LogP contribution in [0, 0.1) is 5.92 Å². The van der Waals surface area contributed by atoms with E-state index in [-0.39, 0.29) is 30.4 Å². The molecule has 1 heterocycles. The first-order valence-corrected chi connectivity index (χ1v) is 16.3. The molecule has 11 nitrogen and oxygen atoms in total. The topological polar surface area (TPSA) is 140 Å². The number of amides is 5. The summed E-state index contributed by atoms with van der Waals surface area (Å²) in [5, 5.41) is 13.0. The maximum absolute atomic E-state index is 13.7. The number of hydrogen-bond donors (Lipinski definition) is 4. The fourth-order valence-electron chi connectivity index (χ4n) is 5.62. The van der Waals surface area contributed by atoms with E-state index in [9.17, 15) is 24.0 Å². The Morgan fingerprint density at radius 1 is 0.771 bits per heavy atom. The van der Waals surface area contributed by atoms with Gasteiger partial charge in [-0.3, -0.25) is 24.0 Å². The summed E-state index contributed by atoms with van der Waals surface area (Å²) in [5.41, 5.74) is 1.37. The molecule has 0 aromatic heterocycles. The predicted molar refractivity (Wildman–Crippen MR) is 186 cm³/mol. The monoisotopic (exact) mass is 654 g/mol. The average Bonchev–Trinajstić information content (AvgIpc) is 3.09. The Morgan fingerprint density at radius 3 is 2.10 bits per heavy atom. The van der Waals surface area contributed by atoms with Crippen molar-refractivity contribution < 1.29 is 24.0 Å². The minimum atomic E-state index is -1.00. The smallest absolute Gasteiger partial charge is 0.251 e. The number of carbonyl (C=O) groups excluding carboxylic acids is 5. The van der Waals surface area contributed by atoms with Gasteiger partial charge in [0.1, 0.15) is 12.1 Å². The van der Waals surface area contributed by atoms with Gasteiger partial charge in [0.05, 0.1) is 12.6 Å². The molecule has 1 saturated heterocycles. The first-order chi connectivity index (χ1) is 22.9. The summed E-state index contributed by atoms with van der Waals surface area (Å²) < 4.78 is 0. The van der Waals surface area contributed by atoms with Gasteiger partial charge in [-0.2, -0.15) is 0 Å². The van der Waals surface area contributed by atoms with Crippen molar-refractivity contribution in [2.75, 3.05) is 39.8 Å². The maximum Gasteiger partial charge on any atom is 0.251 e. The molecule has 48 heavy (non-hydrogen) atoms. The molecule has 3 aromatic carbocycles. The van der Waals surface area contributed by atoms with Gasteiger partial charge in [0.25, 0.3) is 5.91 Å². The van der Waals surface area contributed by atoms with Crippen LogP contribution in [0.2, 0.25) is 0 Å². The van der Waals surface area contributed by atoms with Crippen molar-refractivity contribution >= 4 is 40.3 Å². The summed E-state index contributed by atoms with van der Waals surface area (Å²) in [6, 6.07) is 19.5. The number of benzene rings is 3. The highest BCUT2D eigenvalue weighted by molar-refractivity contribution is 6.00. The minimum absolute atomic E-state index is 0.104. The van der Waals surface area contributed by atoms with Crippen LogP contribution in [0.1, 0.15) is 36.7 Å². The molecule has 1 fully saturated rings. The van der Waals surface area contributed by atoms with Crippen LogP contribution >= 0.6 is 0 Å². The molecule has 11 heteroatoms. The zero-order valence-electron chi connectivity index (χ0n) is 28.1. The lowest BCUT2D eigenvalue weighted by Gasteiger charge is -2.32. The molecule has 4 N–H and O–H groups in total. The van der Waals surface area contributed by atoms with Crippen LogP contribution in [0.25, 0.3) is 10.8 Å². The fourth-order valence-corrected chi connectivity index (χ4v) is 5.62. The third-order valence-electron chi connectivity index (χ3n) is 8.60. The van der Waals surface area contributed by atoms with Crippen LogP contribution in [-0.2, 0) is 25.6 Å². The van der Waals surface area contributed by atoms with Crippen molar-refractivity contribution in [3.8, 4) is 0 Å². The molecular weight excluding hydrogens is 608 g/mol. The van der Waals surface area contributed by atoms with E-state index in [1.165, 1.54) is 6.92 Å². The summed E-state index contributed by atoms with van der Waals surface area (Å²) in [6.45, 7) is 11.7. The molecule has 0 spiro atoms. The zero-order valence-corrected chi connectivity index (χ0v) is 28.1. The summed E-state index contributed by atoms with van der Waals surface area (Å²) in [4.78, 5) is 69.7. The fraction of sp³-hybridized carbons (Fsp3) is 0.378. The van der Waals surface area contributed by atoms with E-state index in [1.54, 1.807) is 35.2 Å². The van der Waals surface area contributed by atoms with E-state index < -0.39 is 41.8 Å². The van der Waals surface area contributed by atoms with E-state index in [0.29, 0.717) is 18.7 Å². The molecular formula is C37H46N6O5. The lowest BCUT2D eigenvalue weighted by atomic mass is 9.95. The molecule has 0 aliphatic carbocycles. The van der Waals surface area contributed by atoms with Gasteiger partial charge < -0.3 is 31.1 Å². The van der Waals surface area contributed by atoms with Crippen molar-refractivity contribution in [1.82, 2.24) is 31.1 Å². The second-order valence-electron chi connectivity index (χ2n) is 12.6. The van der Waals surface area contributed by atoms with Crippen LogP contribution < -0.4 is 21.3 Å². The average molecular weight is 655 g/mol. The summed E-state index contributed by atoms with van der Waals surface area (Å²) in [5.74, 6) is -2.40. The number of rotatable bonds is 13. The van der Waals surface area contributed by atoms with Crippen LogP contribution in [0.3, 0.4) is 0 Å². The van der Waals surface area contributed by atoms with E-state index >= 15 is 0 Å². The van der Waals surface area contributed by atoms with E-state index in [4.69, 9.17) is 0 Å². The maximum atomic E-state index is 13.7. The van der Waals surface area contributed by atoms with Gasteiger partial charge in [-0.15, -0.1) is 0 Å². The first kappa shape index (κ1) is 35.8. The largest absolute Gasteiger partial charge is 0.347 e. The summed E-state index contributed by atoms with van der Waals surface area (Å²) in [7, 11) is 1.99. The van der Waals surface area contributed by atoms with Gasteiger partial charge >= 0.3 is 0 Å². The molecule has 0 bridgehead atoms. The molecule has 3 aromatic rings. The van der Waals surface area contributed by atoms with Crippen LogP contribution in [0.5, 0.6) is 0 Å². The molecule has 5 amide bonds. The molecule has 1 aliphatic rings. The van der Waals surface area contributed by atoms with E-state index in [0.717, 1.165) is 29.4 Å². The van der Waals surface area contributed by atoms with Gasteiger partial charge in [-0.25, -0.2) is 0 Å². The van der Waals surface area contributed by atoms with Crippen LogP contribution in [0.15, 0.2) is 84.9 Å². The predicted octanol–water partition coefficient (Wildman–Crippen LogP) is 2.27. The Labute approximate surface area is 282 Å². The number of likely N-dealkylation sites (N-methyl/N-ethyl adjacent to an activating group) is 1. The summed E-state index contributed by atoms with van der Waals surface area (Å²) >= 11 is 0. The Balaban J connectivity index is 1.40. The lowest BCUT2D eigenvalue weighted by molar-refractivity contribution is -0.133. The Hall–Kier alpha value is -5.03. The second kappa shape index (κ2) is 16.7. The number of carbonyl (C=O) groups is 5. The normalized spacial score (nSPS) is 15.2. The standard InChI is InChI=1S/C37H46N6O5/c1-24(2)33(25(3)34(45)38-23-32(44)43-20-18-42(5)19-21-43)41-35(46)26(4)39-37(48)31(40-36(47)28-13-7-6-8-14-28)22-29-16-11-15-27-12-9-10-17-30(27)29/h6-17,24,26,31,33H,3,18-23H2,1-2,4-5H3,(H,38,45)(H,39,48)(H,40,47)(H,41,46)/t26-,31-,33-/m0/s1. The van der Waals surface area contributed by atoms with E-state index in [1.807, 2.05) is 63.4 Å². The first-order valence-electron chi connectivity index (χ1n) is 16.3. The van der Waals surface area contributed by atoms with Crippen molar-refractivity contribution in [3.63, 3.8) is 0 Å². The van der Waals surface area contributed by atoms with Gasteiger partial charge in [0.2, 0.25) is 23.6 Å². The van der Waals surface area contributed by atoms with Gasteiger partial charge in [-0.1, -0.05) is 81.1 Å². The second-order valence-corrected chi connectivity index (χ2v) is 12.6. The molecule has 3 atom stereocenters. The number of piperazine rings is 1. The van der Waals surface area contributed by atoms with Crippen molar-refractivity contribution in [2.24, 2.45) is 5.92 Å². The van der Waals surface area contributed by atoms with Gasteiger partial charge in [0.15, 0.2) is 0 Å². The zero-order chi connectivity index (χ0) is 34.8. The lowest BCUT2D eigenvalue weighted by Crippen LogP contribution is -2.55. The molecule has 1 aliphatic heterocycles. The van der Waals surface area contributed by atoms with E-state index in [2.05, 4.69) is 32.7 Å². The Kier molecular flexibility index (Phi) is 12.5. The van der Waals surface area contributed by atoms with Crippen molar-refractivity contribution in [2.45, 2.75) is 45.3 Å². The molecule has 254 valence electrons. The molecule has 0 saturated carbocycles. The number of fused-ring (bicyclic) bond motifs is 1. The number of nitrogens with one attached hydrogen (secondary N) is 4.